The van der Waals surface area contributed by atoms with Gasteiger partial charge in [-0.3, -0.25) is 9.69 Å². The molecule has 0 N–H and O–H groups in total. The lowest BCUT2D eigenvalue weighted by Crippen LogP contribution is -2.43. The van der Waals surface area contributed by atoms with Gasteiger partial charge in [-0.1, -0.05) is 55.8 Å². The summed E-state index contributed by atoms with van der Waals surface area (Å²) in [5, 5.41) is 4.49. The number of fused-ring (bicyclic) bond motifs is 1. The summed E-state index contributed by atoms with van der Waals surface area (Å²) in [5.41, 5.74) is 3.44. The van der Waals surface area contributed by atoms with Crippen LogP contribution in [0.15, 0.2) is 54.9 Å². The molecule has 4 rings (SSSR count). The minimum absolute atomic E-state index is 0.0113. The second-order valence-corrected chi connectivity index (χ2v) is 8.32. The molecule has 0 radical (unpaired) electrons. The molecule has 0 fully saturated rings. The zero-order valence-electron chi connectivity index (χ0n) is 17.9. The lowest BCUT2D eigenvalue weighted by atomic mass is 9.91. The van der Waals surface area contributed by atoms with E-state index in [0.717, 1.165) is 23.3 Å². The normalized spacial score (nSPS) is 18.4. The molecule has 3 aromatic rings. The van der Waals surface area contributed by atoms with Gasteiger partial charge >= 0.3 is 0 Å². The van der Waals surface area contributed by atoms with Gasteiger partial charge < -0.3 is 4.74 Å². The number of hydrogen-bond donors (Lipinski definition) is 0. The molecule has 0 aliphatic carbocycles. The number of aromatic nitrogens is 3. The number of nitrogens with zero attached hydrogens (tertiary/aromatic N) is 4. The first-order valence-corrected chi connectivity index (χ1v) is 10.4. The maximum atomic E-state index is 13.3. The van der Waals surface area contributed by atoms with E-state index in [4.69, 9.17) is 4.74 Å². The number of carbonyl (C=O) groups excluding carboxylic acids is 1. The Hall–Kier alpha value is -3.15. The fraction of sp³-hybridized carbons (Fsp3) is 0.375. The summed E-state index contributed by atoms with van der Waals surface area (Å²) in [6.07, 6.45) is 2.75. The quantitative estimate of drug-likeness (QED) is 0.618. The lowest BCUT2D eigenvalue weighted by molar-refractivity contribution is -0.120. The number of aryl methyl sites for hydroxylation is 1. The van der Waals surface area contributed by atoms with Crippen LogP contribution < -0.4 is 9.64 Å². The number of carbonyl (C=O) groups is 1. The van der Waals surface area contributed by atoms with Gasteiger partial charge in [0.2, 0.25) is 11.9 Å². The first kappa shape index (κ1) is 20.1. The SMILES string of the molecule is COc1ccc([C@@H]2C[C@@H](c3ccc(C)cc3)N(C(=O)CC(C)C)c3ncnn32)cc1. The molecule has 1 aromatic heterocycles. The molecule has 0 saturated carbocycles. The second-order valence-electron chi connectivity index (χ2n) is 8.32. The fourth-order valence-electron chi connectivity index (χ4n) is 4.10. The maximum Gasteiger partial charge on any atom is 0.231 e. The Morgan fingerprint density at radius 3 is 2.33 bits per heavy atom. The zero-order valence-corrected chi connectivity index (χ0v) is 17.9. The van der Waals surface area contributed by atoms with E-state index in [9.17, 15) is 4.79 Å². The minimum atomic E-state index is -0.0966. The first-order valence-electron chi connectivity index (χ1n) is 10.4. The van der Waals surface area contributed by atoms with Crippen LogP contribution in [-0.4, -0.2) is 27.8 Å². The van der Waals surface area contributed by atoms with Crippen molar-refractivity contribution in [3.63, 3.8) is 0 Å². The average Bonchev–Trinajstić information content (AvgIpc) is 3.22. The molecule has 2 heterocycles. The average molecular weight is 405 g/mol. The maximum absolute atomic E-state index is 13.3. The third-order valence-corrected chi connectivity index (χ3v) is 5.64. The molecule has 0 unspecified atom stereocenters. The highest BCUT2D eigenvalue weighted by Gasteiger charge is 2.39. The molecule has 2 atom stereocenters. The van der Waals surface area contributed by atoms with Crippen molar-refractivity contribution < 1.29 is 9.53 Å². The summed E-state index contributed by atoms with van der Waals surface area (Å²) in [5.74, 6) is 1.78. The number of anilines is 1. The Balaban J connectivity index is 1.79. The van der Waals surface area contributed by atoms with Crippen LogP contribution in [0.3, 0.4) is 0 Å². The summed E-state index contributed by atoms with van der Waals surface area (Å²) < 4.78 is 7.19. The van der Waals surface area contributed by atoms with Crippen LogP contribution in [0.4, 0.5) is 5.95 Å². The minimum Gasteiger partial charge on any atom is -0.497 e. The molecule has 1 amide bonds. The molecule has 6 heteroatoms. The van der Waals surface area contributed by atoms with Crippen LogP contribution in [-0.2, 0) is 4.79 Å². The van der Waals surface area contributed by atoms with E-state index in [-0.39, 0.29) is 23.9 Å². The molecule has 0 spiro atoms. The Morgan fingerprint density at radius 2 is 1.70 bits per heavy atom. The first-order chi connectivity index (χ1) is 14.5. The van der Waals surface area contributed by atoms with Gasteiger partial charge in [-0.25, -0.2) is 4.68 Å². The topological polar surface area (TPSA) is 60.2 Å². The summed E-state index contributed by atoms with van der Waals surface area (Å²) in [7, 11) is 1.66. The van der Waals surface area contributed by atoms with Gasteiger partial charge in [0, 0.05) is 6.42 Å². The molecular weight excluding hydrogens is 376 g/mol. The molecule has 1 aliphatic rings. The van der Waals surface area contributed by atoms with Crippen LogP contribution in [0, 0.1) is 12.8 Å². The Labute approximate surface area is 177 Å². The van der Waals surface area contributed by atoms with Crippen molar-refractivity contribution in [3.05, 3.63) is 71.5 Å². The van der Waals surface area contributed by atoms with Crippen molar-refractivity contribution in [3.8, 4) is 5.75 Å². The number of amides is 1. The van der Waals surface area contributed by atoms with E-state index < -0.39 is 0 Å². The molecule has 1 aliphatic heterocycles. The number of ether oxygens (including phenoxy) is 1. The molecule has 6 nitrogen and oxygen atoms in total. The van der Waals surface area contributed by atoms with Crippen molar-refractivity contribution >= 4 is 11.9 Å². The molecular formula is C24H28N4O2. The highest BCUT2D eigenvalue weighted by molar-refractivity contribution is 5.93. The van der Waals surface area contributed by atoms with E-state index in [1.807, 2.05) is 21.7 Å². The third-order valence-electron chi connectivity index (χ3n) is 5.64. The smallest absolute Gasteiger partial charge is 0.231 e. The summed E-state index contributed by atoms with van der Waals surface area (Å²) in [6.45, 7) is 6.20. The molecule has 156 valence electrons. The van der Waals surface area contributed by atoms with Crippen LogP contribution in [0.1, 0.15) is 55.5 Å². The largest absolute Gasteiger partial charge is 0.497 e. The van der Waals surface area contributed by atoms with Gasteiger partial charge in [-0.05, 0) is 42.5 Å². The number of rotatable bonds is 5. The van der Waals surface area contributed by atoms with E-state index >= 15 is 0 Å². The number of methoxy groups -OCH3 is 1. The van der Waals surface area contributed by atoms with Gasteiger partial charge in [0.05, 0.1) is 19.2 Å². The van der Waals surface area contributed by atoms with Crippen molar-refractivity contribution in [2.45, 2.75) is 45.7 Å². The summed E-state index contributed by atoms with van der Waals surface area (Å²) in [6, 6.07) is 16.4. The van der Waals surface area contributed by atoms with Gasteiger partial charge in [-0.2, -0.15) is 10.1 Å². The Kier molecular flexibility index (Phi) is 5.57. The highest BCUT2D eigenvalue weighted by Crippen LogP contribution is 2.42. The van der Waals surface area contributed by atoms with Crippen molar-refractivity contribution in [1.29, 1.82) is 0 Å². The van der Waals surface area contributed by atoms with E-state index in [2.05, 4.69) is 67.3 Å². The monoisotopic (exact) mass is 404 g/mol. The summed E-state index contributed by atoms with van der Waals surface area (Å²) >= 11 is 0. The van der Waals surface area contributed by atoms with E-state index in [1.165, 1.54) is 5.56 Å². The molecule has 2 aromatic carbocycles. The van der Waals surface area contributed by atoms with E-state index in [0.29, 0.717) is 12.4 Å². The highest BCUT2D eigenvalue weighted by atomic mass is 16.5. The van der Waals surface area contributed by atoms with Crippen LogP contribution >= 0.6 is 0 Å². The second kappa shape index (κ2) is 8.30. The van der Waals surface area contributed by atoms with Gasteiger partial charge in [0.15, 0.2) is 0 Å². The predicted molar refractivity (Wildman–Crippen MR) is 117 cm³/mol. The summed E-state index contributed by atoms with van der Waals surface area (Å²) in [4.78, 5) is 19.6. The number of hydrogen-bond acceptors (Lipinski definition) is 4. The standard InChI is InChI=1S/C24H28N4O2/c1-16(2)13-23(29)27-21(18-7-5-17(3)6-8-18)14-22(28-24(27)25-15-26-28)19-9-11-20(30-4)12-10-19/h5-12,15-16,21-22H,13-14H2,1-4H3/t21-,22-/m0/s1. The Morgan fingerprint density at radius 1 is 1.07 bits per heavy atom. The predicted octanol–water partition coefficient (Wildman–Crippen LogP) is 4.71. The van der Waals surface area contributed by atoms with Crippen LogP contribution in [0.2, 0.25) is 0 Å². The van der Waals surface area contributed by atoms with Gasteiger partial charge in [0.25, 0.3) is 0 Å². The third kappa shape index (κ3) is 3.82. The van der Waals surface area contributed by atoms with Crippen molar-refractivity contribution in [1.82, 2.24) is 14.8 Å². The lowest BCUT2D eigenvalue weighted by Gasteiger charge is -2.39. The van der Waals surface area contributed by atoms with Crippen LogP contribution in [0.25, 0.3) is 0 Å². The van der Waals surface area contributed by atoms with Crippen molar-refractivity contribution in [2.75, 3.05) is 12.0 Å². The fourth-order valence-corrected chi connectivity index (χ4v) is 4.10. The van der Waals surface area contributed by atoms with Crippen LogP contribution in [0.5, 0.6) is 5.75 Å². The number of benzene rings is 2. The molecule has 30 heavy (non-hydrogen) atoms. The van der Waals surface area contributed by atoms with Gasteiger partial charge in [-0.15, -0.1) is 0 Å². The Bertz CT molecular complexity index is 1010. The van der Waals surface area contributed by atoms with Crippen molar-refractivity contribution in [2.24, 2.45) is 5.92 Å². The molecule has 0 bridgehead atoms. The van der Waals surface area contributed by atoms with Gasteiger partial charge in [0.1, 0.15) is 12.1 Å². The molecule has 0 saturated heterocycles. The van der Waals surface area contributed by atoms with E-state index in [1.54, 1.807) is 13.4 Å². The zero-order chi connectivity index (χ0) is 21.3.